The molecule has 13 aromatic carbocycles. The van der Waals surface area contributed by atoms with Crippen LogP contribution in [0.25, 0.3) is 198 Å². The highest BCUT2D eigenvalue weighted by molar-refractivity contribution is 7.26. The summed E-state index contributed by atoms with van der Waals surface area (Å²) in [6, 6.07) is 104. The van der Waals surface area contributed by atoms with Crippen LogP contribution in [0.3, 0.4) is 0 Å². The fourth-order valence-electron chi connectivity index (χ4n) is 14.3. The van der Waals surface area contributed by atoms with E-state index in [1.807, 2.05) is 132 Å². The van der Waals surface area contributed by atoms with Crippen molar-refractivity contribution in [3.05, 3.63) is 326 Å². The Morgan fingerprint density at radius 3 is 1.34 bits per heavy atom. The normalized spacial score (nSPS) is 12.3. The number of para-hydroxylation sites is 3. The van der Waals surface area contributed by atoms with Gasteiger partial charge in [-0.25, -0.2) is 29.9 Å². The lowest BCUT2D eigenvalue weighted by molar-refractivity contribution is 0.572. The van der Waals surface area contributed by atoms with Gasteiger partial charge in [-0.15, -0.1) is 22.7 Å². The molecule has 0 spiro atoms. The summed E-state index contributed by atoms with van der Waals surface area (Å²) < 4.78 is 18.3. The van der Waals surface area contributed by atoms with Crippen LogP contribution in [0.5, 0.6) is 0 Å². The Morgan fingerprint density at radius 1 is 0.317 bits per heavy atom. The van der Waals surface area contributed by atoms with Gasteiger partial charge in [-0.3, -0.25) is 0 Å². The van der Waals surface area contributed by atoms with Crippen LogP contribution in [-0.2, 0) is 0 Å². The molecule has 6 aromatic heterocycles. The summed E-state index contributed by atoms with van der Waals surface area (Å²) in [4.78, 5) is 31.7. The fraction of sp³-hybridized carbons (Fsp3) is 0.0110. The molecule has 0 aliphatic carbocycles. The van der Waals surface area contributed by atoms with E-state index in [9.17, 15) is 0 Å². The van der Waals surface area contributed by atoms with E-state index in [4.69, 9.17) is 38.7 Å². The lowest BCUT2D eigenvalue weighted by atomic mass is 9.93. The minimum absolute atomic E-state index is 0.523. The number of fused-ring (bicyclic) bond motifs is 10. The molecule has 6 heterocycles. The third-order valence-electron chi connectivity index (χ3n) is 19.2. The van der Waals surface area contributed by atoms with E-state index in [0.29, 0.717) is 34.9 Å². The highest BCUT2D eigenvalue weighted by Gasteiger charge is 2.23. The molecule has 0 fully saturated rings. The summed E-state index contributed by atoms with van der Waals surface area (Å²) in [5.74, 6) is 3.45. The van der Waals surface area contributed by atoms with Gasteiger partial charge < -0.3 is 8.83 Å². The van der Waals surface area contributed by atoms with Gasteiger partial charge in [0.05, 0.1) is 0 Å². The minimum atomic E-state index is 0.523. The van der Waals surface area contributed by atoms with Crippen molar-refractivity contribution in [3.63, 3.8) is 0 Å². The Balaban J connectivity index is 0.749. The van der Waals surface area contributed by atoms with Crippen LogP contribution >= 0.6 is 22.7 Å². The number of hydrogen-bond donors (Lipinski definition) is 0. The molecule has 101 heavy (non-hydrogen) atoms. The summed E-state index contributed by atoms with van der Waals surface area (Å²) in [6.07, 6.45) is 3.84. The molecule has 0 saturated heterocycles. The highest BCUT2D eigenvalue weighted by atomic mass is 32.1. The monoisotopic (exact) mass is 1330 g/mol. The summed E-state index contributed by atoms with van der Waals surface area (Å²) in [7, 11) is 0. The molecule has 474 valence electrons. The van der Waals surface area contributed by atoms with Gasteiger partial charge in [0.25, 0.3) is 0 Å². The number of thiophene rings is 2. The molecule has 0 saturated carbocycles. The number of rotatable bonds is 12. The van der Waals surface area contributed by atoms with Gasteiger partial charge in [-0.2, -0.15) is 0 Å². The summed E-state index contributed by atoms with van der Waals surface area (Å²) >= 11 is 3.66. The third kappa shape index (κ3) is 10.5. The van der Waals surface area contributed by atoms with Crippen molar-refractivity contribution < 1.29 is 8.83 Å². The van der Waals surface area contributed by atoms with E-state index >= 15 is 0 Å². The van der Waals surface area contributed by atoms with Gasteiger partial charge in [0.2, 0.25) is 0 Å². The number of nitrogens with zero attached hydrogens (tertiary/aromatic N) is 6. The van der Waals surface area contributed by atoms with E-state index in [-0.39, 0.29) is 0 Å². The third-order valence-corrected chi connectivity index (χ3v) is 21.6. The van der Waals surface area contributed by atoms with Gasteiger partial charge in [0.15, 0.2) is 34.9 Å². The van der Waals surface area contributed by atoms with E-state index in [2.05, 4.69) is 214 Å². The van der Waals surface area contributed by atoms with Crippen molar-refractivity contribution in [3.8, 4) is 113 Å². The van der Waals surface area contributed by atoms with Gasteiger partial charge in [0.1, 0.15) is 22.2 Å². The van der Waals surface area contributed by atoms with Crippen LogP contribution in [0.15, 0.2) is 319 Å². The number of aromatic nitrogens is 6. The van der Waals surface area contributed by atoms with Crippen LogP contribution in [-0.4, -0.2) is 29.9 Å². The second-order valence-electron chi connectivity index (χ2n) is 25.3. The highest BCUT2D eigenvalue weighted by Crippen LogP contribution is 2.48. The Hall–Kier alpha value is -12.9. The van der Waals surface area contributed by atoms with Gasteiger partial charge >= 0.3 is 0 Å². The van der Waals surface area contributed by atoms with E-state index in [1.54, 1.807) is 0 Å². The molecule has 0 unspecified atom stereocenters. The molecule has 19 aromatic rings. The molecule has 0 aliphatic heterocycles. The Labute approximate surface area is 588 Å². The van der Waals surface area contributed by atoms with Crippen LogP contribution in [0, 0.1) is 0 Å². The summed E-state index contributed by atoms with van der Waals surface area (Å²) in [6.45, 7) is 6.21. The number of furan rings is 2. The predicted molar refractivity (Wildman–Crippen MR) is 419 cm³/mol. The zero-order valence-corrected chi connectivity index (χ0v) is 56.1. The first kappa shape index (κ1) is 59.4. The Morgan fingerprint density at radius 2 is 0.723 bits per heavy atom. The summed E-state index contributed by atoms with van der Waals surface area (Å²) in [5.41, 5.74) is 18.8. The Kier molecular flexibility index (Phi) is 14.5. The molecule has 10 heteroatoms. The second kappa shape index (κ2) is 24.6. The Bertz CT molecular complexity index is 6620. The second-order valence-corrected chi connectivity index (χ2v) is 27.4. The first-order valence-electron chi connectivity index (χ1n) is 33.6. The molecule has 0 amide bonds. The molecule has 0 atom stereocenters. The topological polar surface area (TPSA) is 104 Å². The first-order chi connectivity index (χ1) is 49.9. The zero-order chi connectivity index (χ0) is 67.1. The van der Waals surface area contributed by atoms with Crippen LogP contribution in [0.4, 0.5) is 0 Å². The van der Waals surface area contributed by atoms with E-state index in [0.717, 1.165) is 133 Å². The molecule has 8 nitrogen and oxygen atoms in total. The maximum Gasteiger partial charge on any atom is 0.164 e. The largest absolute Gasteiger partial charge is 0.456 e. The minimum Gasteiger partial charge on any atom is -0.456 e. The van der Waals surface area contributed by atoms with E-state index in [1.165, 1.54) is 40.3 Å². The molecule has 0 N–H and O–H groups in total. The van der Waals surface area contributed by atoms with Gasteiger partial charge in [-0.05, 0) is 118 Å². The average Bonchev–Trinajstić information content (AvgIpc) is 1.62. The first-order valence-corrected chi connectivity index (χ1v) is 35.2. The van der Waals surface area contributed by atoms with Crippen LogP contribution in [0.1, 0.15) is 12.5 Å². The van der Waals surface area contributed by atoms with Crippen molar-refractivity contribution in [2.45, 2.75) is 6.92 Å². The molecule has 0 aliphatic rings. The van der Waals surface area contributed by atoms with Crippen LogP contribution < -0.4 is 10.6 Å². The van der Waals surface area contributed by atoms with Gasteiger partial charge in [-0.1, -0.05) is 255 Å². The van der Waals surface area contributed by atoms with Crippen molar-refractivity contribution >= 4 is 108 Å². The maximum absolute atomic E-state index is 6.73. The lowest BCUT2D eigenvalue weighted by Gasteiger charge is -2.13. The van der Waals surface area contributed by atoms with Crippen molar-refractivity contribution in [1.82, 2.24) is 29.9 Å². The molecule has 19 rings (SSSR count). The van der Waals surface area contributed by atoms with Crippen molar-refractivity contribution in [1.29, 1.82) is 0 Å². The SMILES string of the molecule is C=C/C=c1\c(=C(/C)c2cc(-c3nc(-c4ccccc4)nc(-c4ccc(-c5cccc6sc7c(-c8cc(-c9nc(-c%10ccccc%10)nc(-c%10ccccc%10)n9)cc(-c9cccc%10c9sc9ccccc9%10)c8)cccc7c56)cc4)n3)cc(-c3cccc4c3oc3ccccc34)c2)oc2ccccc12. The lowest BCUT2D eigenvalue weighted by Crippen LogP contribution is -2.22. The molecule has 0 radical (unpaired) electrons. The standard InChI is InChI=1S/C91H56N6O2S2/c1-3-23-73-70-30-13-16-40-77(70)98-82(73)54(2)60-48-61(67-34-19-37-74-71-31-14-17-41-78(71)99-83(67)74)51-64(49-60)90-94-88(58-28-11-6-12-29-58)93-89(97-90)59-46-44-55(45-47-59)66-33-22-43-80-81(66)76-39-21-36-69(85(76)101-80)63-50-62(68-35-20-38-75-72-32-15-18-42-79(72)100-84(68)75)52-65(53-63)91-95-86(56-24-7-4-8-25-56)92-87(96-91)57-26-9-5-10-27-57/h3-53H,1H2,2H3/b73-23-,82-54-. The maximum atomic E-state index is 6.73. The smallest absolute Gasteiger partial charge is 0.164 e. The van der Waals surface area contributed by atoms with Crippen molar-refractivity contribution in [2.75, 3.05) is 0 Å². The molecule has 0 bridgehead atoms. The predicted octanol–water partition coefficient (Wildman–Crippen LogP) is 23.3. The number of hydrogen-bond acceptors (Lipinski definition) is 10. The molecular formula is C91H56N6O2S2. The summed E-state index contributed by atoms with van der Waals surface area (Å²) in [5, 5.41) is 8.94. The molecular weight excluding hydrogens is 1270 g/mol. The quantitative estimate of drug-likeness (QED) is 0.119. The van der Waals surface area contributed by atoms with Crippen LogP contribution in [0.2, 0.25) is 0 Å². The average molecular weight is 1330 g/mol. The zero-order valence-electron chi connectivity index (χ0n) is 54.5. The van der Waals surface area contributed by atoms with Crippen molar-refractivity contribution in [2.24, 2.45) is 0 Å². The number of benzene rings is 13. The van der Waals surface area contributed by atoms with E-state index < -0.39 is 0 Å². The van der Waals surface area contributed by atoms with Gasteiger partial charge in [0, 0.05) is 101 Å². The number of allylic oxidation sites excluding steroid dienone is 1. The fourth-order valence-corrected chi connectivity index (χ4v) is 16.8.